The highest BCUT2D eigenvalue weighted by molar-refractivity contribution is 6.31. The molecule has 0 unspecified atom stereocenters. The van der Waals surface area contributed by atoms with Crippen LogP contribution in [0.2, 0.25) is 5.02 Å². The maximum Gasteiger partial charge on any atom is 0.325 e. The first kappa shape index (κ1) is 16.0. The number of aryl methyl sites for hydroxylation is 1. The van der Waals surface area contributed by atoms with Gasteiger partial charge in [0, 0.05) is 11.6 Å². The number of rotatable bonds is 4. The van der Waals surface area contributed by atoms with Crippen LogP contribution in [0.4, 0.5) is 0 Å². The molecule has 1 amide bonds. The van der Waals surface area contributed by atoms with E-state index in [1.807, 2.05) is 6.92 Å². The molecule has 2 rings (SSSR count). The van der Waals surface area contributed by atoms with E-state index in [0.29, 0.717) is 22.5 Å². The van der Waals surface area contributed by atoms with Crippen molar-refractivity contribution in [3.05, 3.63) is 39.1 Å². The molecule has 0 aliphatic heterocycles. The van der Waals surface area contributed by atoms with E-state index in [1.165, 1.54) is 17.9 Å². The lowest BCUT2D eigenvalue weighted by Crippen LogP contribution is -2.35. The number of hydrogen-bond donors (Lipinski definition) is 1. The summed E-state index contributed by atoms with van der Waals surface area (Å²) in [6.45, 7) is 1.97. The van der Waals surface area contributed by atoms with Gasteiger partial charge >= 0.3 is 5.97 Å². The number of carbonyl (C=O) groups excluding carboxylic acids is 2. The predicted molar refractivity (Wildman–Crippen MR) is 81.0 cm³/mol. The molecule has 0 saturated heterocycles. The molecule has 1 N–H and O–H groups in total. The zero-order chi connectivity index (χ0) is 16.3. The van der Waals surface area contributed by atoms with E-state index in [2.05, 4.69) is 15.2 Å². The second-order valence-corrected chi connectivity index (χ2v) is 4.85. The summed E-state index contributed by atoms with van der Waals surface area (Å²) >= 11 is 5.91. The van der Waals surface area contributed by atoms with E-state index < -0.39 is 17.3 Å². The molecule has 22 heavy (non-hydrogen) atoms. The molecule has 8 heteroatoms. The Balaban J connectivity index is 2.50. The van der Waals surface area contributed by atoms with Gasteiger partial charge in [0.1, 0.15) is 6.54 Å². The van der Waals surface area contributed by atoms with Gasteiger partial charge in [0.2, 0.25) is 5.43 Å². The monoisotopic (exact) mass is 323 g/mol. The summed E-state index contributed by atoms with van der Waals surface area (Å²) in [5.41, 5.74) is -0.244. The number of aromatic nitrogens is 2. The van der Waals surface area contributed by atoms with Gasteiger partial charge in [-0.2, -0.15) is 5.10 Å². The normalized spacial score (nSPS) is 10.5. The summed E-state index contributed by atoms with van der Waals surface area (Å²) in [7, 11) is 1.20. The van der Waals surface area contributed by atoms with Crippen molar-refractivity contribution in [1.29, 1.82) is 0 Å². The average molecular weight is 324 g/mol. The Hall–Kier alpha value is -2.41. The number of nitrogens with zero attached hydrogens (tertiary/aromatic N) is 2. The van der Waals surface area contributed by atoms with Gasteiger partial charge in [0.05, 0.1) is 18.0 Å². The van der Waals surface area contributed by atoms with Gasteiger partial charge in [-0.3, -0.25) is 19.1 Å². The van der Waals surface area contributed by atoms with E-state index in [4.69, 9.17) is 11.6 Å². The maximum atomic E-state index is 12.4. The molecule has 0 aliphatic carbocycles. The quantitative estimate of drug-likeness (QED) is 0.847. The Kier molecular flexibility index (Phi) is 4.77. The summed E-state index contributed by atoms with van der Waals surface area (Å²) in [4.78, 5) is 35.5. The Morgan fingerprint density at radius 2 is 2.14 bits per heavy atom. The third-order valence-electron chi connectivity index (χ3n) is 3.05. The van der Waals surface area contributed by atoms with Crippen LogP contribution in [0.25, 0.3) is 10.9 Å². The van der Waals surface area contributed by atoms with Crippen LogP contribution in [0, 0.1) is 0 Å². The molecule has 0 fully saturated rings. The van der Waals surface area contributed by atoms with Crippen LogP contribution in [-0.2, 0) is 16.1 Å². The molecule has 1 aromatic carbocycles. The van der Waals surface area contributed by atoms with Gasteiger partial charge in [-0.1, -0.05) is 11.6 Å². The molecule has 1 aromatic heterocycles. The number of esters is 1. The topological polar surface area (TPSA) is 90.3 Å². The highest BCUT2D eigenvalue weighted by Gasteiger charge is 2.18. The van der Waals surface area contributed by atoms with E-state index in [9.17, 15) is 14.4 Å². The van der Waals surface area contributed by atoms with E-state index >= 15 is 0 Å². The minimum atomic E-state index is -0.737. The van der Waals surface area contributed by atoms with Crippen molar-refractivity contribution in [3.8, 4) is 0 Å². The van der Waals surface area contributed by atoms with Crippen molar-refractivity contribution in [2.24, 2.45) is 0 Å². The van der Waals surface area contributed by atoms with Gasteiger partial charge in [-0.25, -0.2) is 0 Å². The second-order valence-electron chi connectivity index (χ2n) is 4.41. The minimum absolute atomic E-state index is 0.291. The van der Waals surface area contributed by atoms with Crippen molar-refractivity contribution in [2.75, 3.05) is 13.7 Å². The fourth-order valence-corrected chi connectivity index (χ4v) is 2.13. The number of hydrogen-bond acceptors (Lipinski definition) is 5. The van der Waals surface area contributed by atoms with E-state index in [-0.39, 0.29) is 12.2 Å². The van der Waals surface area contributed by atoms with Crippen molar-refractivity contribution in [1.82, 2.24) is 15.1 Å². The van der Waals surface area contributed by atoms with Crippen LogP contribution in [0.3, 0.4) is 0 Å². The van der Waals surface area contributed by atoms with Gasteiger partial charge < -0.3 is 10.1 Å². The number of carbonyl (C=O) groups is 2. The Labute approximate surface area is 130 Å². The van der Waals surface area contributed by atoms with E-state index in [1.54, 1.807) is 12.1 Å². The van der Waals surface area contributed by atoms with Crippen LogP contribution in [0.1, 0.15) is 17.4 Å². The zero-order valence-corrected chi connectivity index (χ0v) is 12.8. The lowest BCUT2D eigenvalue weighted by atomic mass is 10.2. The predicted octanol–water partition coefficient (Wildman–Crippen LogP) is 0.973. The van der Waals surface area contributed by atoms with Gasteiger partial charge in [0.25, 0.3) is 5.91 Å². The molecule has 0 bridgehead atoms. The van der Waals surface area contributed by atoms with Crippen LogP contribution in [0.15, 0.2) is 23.0 Å². The van der Waals surface area contributed by atoms with E-state index in [0.717, 1.165) is 0 Å². The van der Waals surface area contributed by atoms with Crippen LogP contribution in [-0.4, -0.2) is 35.3 Å². The van der Waals surface area contributed by atoms with Crippen LogP contribution in [0.5, 0.6) is 0 Å². The lowest BCUT2D eigenvalue weighted by Gasteiger charge is -2.10. The average Bonchev–Trinajstić information content (AvgIpc) is 2.53. The Bertz CT molecular complexity index is 801. The first-order chi connectivity index (χ1) is 10.5. The number of nitrogens with one attached hydrogen (secondary N) is 1. The number of amides is 1. The zero-order valence-electron chi connectivity index (χ0n) is 12.1. The fraction of sp³-hybridized carbons (Fsp3) is 0.286. The van der Waals surface area contributed by atoms with Crippen molar-refractivity contribution < 1.29 is 14.3 Å². The molecule has 0 spiro atoms. The smallest absolute Gasteiger partial charge is 0.325 e. The molecular weight excluding hydrogens is 310 g/mol. The van der Waals surface area contributed by atoms with Crippen LogP contribution < -0.4 is 10.7 Å². The van der Waals surface area contributed by atoms with Crippen molar-refractivity contribution in [2.45, 2.75) is 13.5 Å². The first-order valence-electron chi connectivity index (χ1n) is 6.53. The third-order valence-corrected chi connectivity index (χ3v) is 3.29. The lowest BCUT2D eigenvalue weighted by molar-refractivity contribution is -0.139. The Morgan fingerprint density at radius 1 is 1.41 bits per heavy atom. The number of benzene rings is 1. The van der Waals surface area contributed by atoms with Gasteiger partial charge in [-0.05, 0) is 25.1 Å². The summed E-state index contributed by atoms with van der Waals surface area (Å²) in [6.07, 6.45) is 0. The standard InChI is InChI=1S/C14H14ClN3O4/c1-3-18-10-5-4-8(15)6-9(10)13(20)12(17-18)14(21)16-7-11(19)22-2/h4-6H,3,7H2,1-2H3,(H,16,21). The molecular formula is C14H14ClN3O4. The van der Waals surface area contributed by atoms with Gasteiger partial charge in [0.15, 0.2) is 5.69 Å². The molecule has 0 aliphatic rings. The SMILES string of the molecule is CCn1nc(C(=O)NCC(=O)OC)c(=O)c2cc(Cl)ccc21. The minimum Gasteiger partial charge on any atom is -0.468 e. The summed E-state index contributed by atoms with van der Waals surface area (Å²) in [5.74, 6) is -1.35. The second kappa shape index (κ2) is 6.57. The van der Waals surface area contributed by atoms with Crippen molar-refractivity contribution >= 4 is 34.4 Å². The number of ether oxygens (including phenoxy) is 1. The maximum absolute atomic E-state index is 12.4. The number of methoxy groups -OCH3 is 1. The molecule has 0 saturated carbocycles. The third kappa shape index (κ3) is 3.09. The number of halogens is 1. The highest BCUT2D eigenvalue weighted by Crippen LogP contribution is 2.16. The fourth-order valence-electron chi connectivity index (χ4n) is 1.96. The first-order valence-corrected chi connectivity index (χ1v) is 6.91. The number of fused-ring (bicyclic) bond motifs is 1. The summed E-state index contributed by atoms with van der Waals surface area (Å²) in [6, 6.07) is 4.81. The molecule has 1 heterocycles. The molecule has 2 aromatic rings. The summed E-state index contributed by atoms with van der Waals surface area (Å²) < 4.78 is 5.95. The molecule has 7 nitrogen and oxygen atoms in total. The summed E-state index contributed by atoms with van der Waals surface area (Å²) in [5, 5.41) is 7.03. The molecule has 116 valence electrons. The highest BCUT2D eigenvalue weighted by atomic mass is 35.5. The molecule has 0 radical (unpaired) electrons. The molecule has 0 atom stereocenters. The van der Waals surface area contributed by atoms with Crippen molar-refractivity contribution in [3.63, 3.8) is 0 Å². The largest absolute Gasteiger partial charge is 0.468 e. The Morgan fingerprint density at radius 3 is 2.77 bits per heavy atom. The van der Waals surface area contributed by atoms with Crippen LogP contribution >= 0.6 is 11.6 Å². The van der Waals surface area contributed by atoms with Gasteiger partial charge in [-0.15, -0.1) is 0 Å².